The Kier molecular flexibility index (Phi) is 5.01. The summed E-state index contributed by atoms with van der Waals surface area (Å²) in [5.41, 5.74) is 0.982. The van der Waals surface area contributed by atoms with Crippen LogP contribution in [-0.2, 0) is 24.0 Å². The van der Waals surface area contributed by atoms with E-state index in [1.54, 1.807) is 16.7 Å². The Hall–Kier alpha value is -2.55. The van der Waals surface area contributed by atoms with Crippen molar-refractivity contribution < 1.29 is 23.9 Å². The van der Waals surface area contributed by atoms with E-state index in [9.17, 15) is 19.2 Å². The van der Waals surface area contributed by atoms with Crippen LogP contribution in [0.15, 0.2) is 30.3 Å². The molecule has 2 heterocycles. The molecule has 1 saturated carbocycles. The summed E-state index contributed by atoms with van der Waals surface area (Å²) in [5, 5.41) is 4.75. The summed E-state index contributed by atoms with van der Waals surface area (Å²) in [5.74, 6) is -1.01. The van der Waals surface area contributed by atoms with Crippen LogP contribution < -0.4 is 10.6 Å². The Morgan fingerprint density at radius 3 is 2.68 bits per heavy atom. The molecular formula is C19H21N3O5S. The number of amides is 4. The van der Waals surface area contributed by atoms with E-state index in [0.29, 0.717) is 18.6 Å². The van der Waals surface area contributed by atoms with Gasteiger partial charge in [0.2, 0.25) is 5.91 Å². The van der Waals surface area contributed by atoms with E-state index in [2.05, 4.69) is 10.6 Å². The molecule has 0 radical (unpaired) electrons. The lowest BCUT2D eigenvalue weighted by molar-refractivity contribution is -0.156. The Balaban J connectivity index is 1.37. The minimum absolute atomic E-state index is 0.0935. The van der Waals surface area contributed by atoms with E-state index < -0.39 is 35.4 Å². The fourth-order valence-corrected chi connectivity index (χ4v) is 5.30. The van der Waals surface area contributed by atoms with Gasteiger partial charge < -0.3 is 15.0 Å². The van der Waals surface area contributed by atoms with Gasteiger partial charge in [-0.2, -0.15) is 0 Å². The van der Waals surface area contributed by atoms with Gasteiger partial charge in [-0.25, -0.2) is 9.59 Å². The van der Waals surface area contributed by atoms with E-state index in [1.807, 2.05) is 30.3 Å². The van der Waals surface area contributed by atoms with Crippen molar-refractivity contribution in [3.63, 3.8) is 0 Å². The first-order chi connectivity index (χ1) is 13.5. The number of fused-ring (bicyclic) bond motifs is 1. The van der Waals surface area contributed by atoms with Gasteiger partial charge in [0.25, 0.3) is 5.91 Å². The van der Waals surface area contributed by atoms with E-state index >= 15 is 0 Å². The molecule has 148 valence electrons. The summed E-state index contributed by atoms with van der Waals surface area (Å²) in [6.07, 6.45) is 2.81. The number of hydrogen-bond donors (Lipinski definition) is 2. The van der Waals surface area contributed by atoms with Gasteiger partial charge in [0.05, 0.1) is 0 Å². The average molecular weight is 403 g/mol. The fraction of sp³-hybridized carbons (Fsp3) is 0.474. The minimum Gasteiger partial charge on any atom is -0.454 e. The van der Waals surface area contributed by atoms with Gasteiger partial charge in [0.1, 0.15) is 10.9 Å². The standard InChI is InChI=1S/C19H21N3O5S/c23-15(21-18(26)20-13-6-7-13)10-27-17(25)14-11-28-19(9-8-16(24)22(14)19)12-4-2-1-3-5-12/h1-5,13-14H,6-11H2,(H2,20,21,23,26)/t14-,19+/m0/s1. The molecule has 8 nitrogen and oxygen atoms in total. The van der Waals surface area contributed by atoms with Crippen molar-refractivity contribution in [1.29, 1.82) is 0 Å². The smallest absolute Gasteiger partial charge is 0.330 e. The summed E-state index contributed by atoms with van der Waals surface area (Å²) in [4.78, 5) is 49.5. The summed E-state index contributed by atoms with van der Waals surface area (Å²) in [6, 6.07) is 8.44. The summed E-state index contributed by atoms with van der Waals surface area (Å²) >= 11 is 1.55. The molecule has 2 saturated heterocycles. The van der Waals surface area contributed by atoms with Crippen molar-refractivity contribution in [3.05, 3.63) is 35.9 Å². The predicted octanol–water partition coefficient (Wildman–Crippen LogP) is 1.11. The maximum atomic E-state index is 12.6. The van der Waals surface area contributed by atoms with Gasteiger partial charge in [0, 0.05) is 18.2 Å². The molecule has 2 N–H and O–H groups in total. The van der Waals surface area contributed by atoms with Gasteiger partial charge in [-0.05, 0) is 24.8 Å². The molecule has 9 heteroatoms. The second-order valence-corrected chi connectivity index (χ2v) is 8.44. The average Bonchev–Trinajstić information content (AvgIpc) is 3.31. The third-order valence-electron chi connectivity index (χ3n) is 5.14. The topological polar surface area (TPSA) is 105 Å². The number of urea groups is 1. The van der Waals surface area contributed by atoms with Crippen molar-refractivity contribution in [2.45, 2.75) is 42.6 Å². The van der Waals surface area contributed by atoms with E-state index in [1.165, 1.54) is 0 Å². The summed E-state index contributed by atoms with van der Waals surface area (Å²) in [7, 11) is 0. The van der Waals surface area contributed by atoms with Gasteiger partial charge in [-0.1, -0.05) is 30.3 Å². The minimum atomic E-state index is -0.742. The van der Waals surface area contributed by atoms with Crippen molar-refractivity contribution in [2.24, 2.45) is 0 Å². The predicted molar refractivity (Wildman–Crippen MR) is 101 cm³/mol. The quantitative estimate of drug-likeness (QED) is 0.714. The highest BCUT2D eigenvalue weighted by atomic mass is 32.2. The normalized spacial score (nSPS) is 25.9. The number of benzene rings is 1. The molecule has 1 aromatic rings. The Morgan fingerprint density at radius 2 is 1.96 bits per heavy atom. The lowest BCUT2D eigenvalue weighted by Gasteiger charge is -2.33. The van der Waals surface area contributed by atoms with Crippen LogP contribution >= 0.6 is 11.8 Å². The lowest BCUT2D eigenvalue weighted by Crippen LogP contribution is -2.47. The van der Waals surface area contributed by atoms with Gasteiger partial charge in [-0.15, -0.1) is 11.8 Å². The molecule has 1 aliphatic carbocycles. The number of rotatable bonds is 5. The number of esters is 1. The number of nitrogens with zero attached hydrogens (tertiary/aromatic N) is 1. The number of ether oxygens (including phenoxy) is 1. The molecular weight excluding hydrogens is 382 g/mol. The largest absolute Gasteiger partial charge is 0.454 e. The highest BCUT2D eigenvalue weighted by Gasteiger charge is 2.57. The Labute approximate surface area is 166 Å². The maximum absolute atomic E-state index is 12.6. The molecule has 3 fully saturated rings. The Bertz CT molecular complexity index is 813. The first-order valence-electron chi connectivity index (χ1n) is 9.28. The molecule has 2 atom stereocenters. The fourth-order valence-electron chi connectivity index (χ4n) is 3.66. The second kappa shape index (κ2) is 7.46. The molecule has 3 aliphatic rings. The van der Waals surface area contributed by atoms with Crippen LogP contribution in [0.1, 0.15) is 31.2 Å². The number of thioether (sulfide) groups is 1. The van der Waals surface area contributed by atoms with Crippen LogP contribution in [0, 0.1) is 0 Å². The monoisotopic (exact) mass is 403 g/mol. The molecule has 0 aromatic heterocycles. The van der Waals surface area contributed by atoms with Crippen LogP contribution in [0.25, 0.3) is 0 Å². The van der Waals surface area contributed by atoms with E-state index in [4.69, 9.17) is 4.74 Å². The number of carbonyl (C=O) groups is 4. The van der Waals surface area contributed by atoms with Crippen LogP contribution in [0.5, 0.6) is 0 Å². The zero-order valence-electron chi connectivity index (χ0n) is 15.2. The van der Waals surface area contributed by atoms with Crippen LogP contribution in [0.2, 0.25) is 0 Å². The zero-order valence-corrected chi connectivity index (χ0v) is 16.0. The molecule has 0 unspecified atom stereocenters. The molecule has 0 spiro atoms. The van der Waals surface area contributed by atoms with Gasteiger partial charge in [-0.3, -0.25) is 14.9 Å². The van der Waals surface area contributed by atoms with Gasteiger partial charge in [0.15, 0.2) is 6.61 Å². The Morgan fingerprint density at radius 1 is 1.21 bits per heavy atom. The molecule has 4 amide bonds. The first kappa shape index (κ1) is 18.8. The SMILES string of the molecule is O=C(COC(=O)[C@@H]1CS[C@@]2(c3ccccc3)CCC(=O)N12)NC(=O)NC1CC1. The third kappa shape index (κ3) is 3.58. The zero-order chi connectivity index (χ0) is 19.7. The van der Waals surface area contributed by atoms with Crippen molar-refractivity contribution >= 4 is 35.6 Å². The molecule has 0 bridgehead atoms. The molecule has 4 rings (SSSR count). The highest BCUT2D eigenvalue weighted by Crippen LogP contribution is 2.54. The first-order valence-corrected chi connectivity index (χ1v) is 10.3. The summed E-state index contributed by atoms with van der Waals surface area (Å²) in [6.45, 7) is -0.557. The number of nitrogens with one attached hydrogen (secondary N) is 2. The molecule has 1 aromatic carbocycles. The maximum Gasteiger partial charge on any atom is 0.330 e. The lowest BCUT2D eigenvalue weighted by atomic mass is 10.0. The highest BCUT2D eigenvalue weighted by molar-refractivity contribution is 8.00. The van der Waals surface area contributed by atoms with Crippen molar-refractivity contribution in [3.8, 4) is 0 Å². The number of carbonyl (C=O) groups excluding carboxylic acids is 4. The second-order valence-electron chi connectivity index (χ2n) is 7.14. The number of imide groups is 1. The molecule has 2 aliphatic heterocycles. The van der Waals surface area contributed by atoms with Crippen LogP contribution in [0.3, 0.4) is 0 Å². The van der Waals surface area contributed by atoms with Crippen LogP contribution in [-0.4, -0.2) is 53.2 Å². The van der Waals surface area contributed by atoms with Crippen molar-refractivity contribution in [1.82, 2.24) is 15.5 Å². The third-order valence-corrected chi connectivity index (χ3v) is 6.73. The van der Waals surface area contributed by atoms with Gasteiger partial charge >= 0.3 is 12.0 Å². The van der Waals surface area contributed by atoms with E-state index in [-0.39, 0.29) is 11.9 Å². The number of hydrogen-bond acceptors (Lipinski definition) is 6. The van der Waals surface area contributed by atoms with Crippen LogP contribution in [0.4, 0.5) is 4.79 Å². The molecule has 28 heavy (non-hydrogen) atoms. The summed E-state index contributed by atoms with van der Waals surface area (Å²) < 4.78 is 5.11. The van der Waals surface area contributed by atoms with Crippen molar-refractivity contribution in [2.75, 3.05) is 12.4 Å². The van der Waals surface area contributed by atoms with E-state index in [0.717, 1.165) is 18.4 Å².